The maximum Gasteiger partial charge on any atom is 0.327 e. The Hall–Kier alpha value is -1.36. The lowest BCUT2D eigenvalue weighted by atomic mass is 10.1. The molecule has 0 amide bonds. The Morgan fingerprint density at radius 3 is 2.67 bits per heavy atom. The molecule has 0 aliphatic heterocycles. The molecule has 1 aromatic heterocycles. The van der Waals surface area contributed by atoms with E-state index in [1.165, 1.54) is 0 Å². The fraction of sp³-hybridized carbons (Fsp3) is 0.692. The van der Waals surface area contributed by atoms with Crippen LogP contribution in [-0.4, -0.2) is 28.9 Å². The van der Waals surface area contributed by atoms with Gasteiger partial charge >= 0.3 is 5.97 Å². The second-order valence-electron chi connectivity index (χ2n) is 4.80. The Bertz CT molecular complexity index is 399. The zero-order chi connectivity index (χ0) is 13.7. The van der Waals surface area contributed by atoms with Crippen LogP contribution in [0.5, 0.6) is 0 Å². The van der Waals surface area contributed by atoms with Crippen molar-refractivity contribution in [3.05, 3.63) is 17.5 Å². The molecule has 0 bridgehead atoms. The summed E-state index contributed by atoms with van der Waals surface area (Å²) in [5, 5.41) is 7.42. The van der Waals surface area contributed by atoms with E-state index in [-0.39, 0.29) is 5.97 Å². The summed E-state index contributed by atoms with van der Waals surface area (Å²) in [6.45, 7) is 9.12. The average Bonchev–Trinajstić information content (AvgIpc) is 2.61. The zero-order valence-corrected chi connectivity index (χ0v) is 11.9. The van der Waals surface area contributed by atoms with Gasteiger partial charge in [0.05, 0.1) is 12.8 Å². The third kappa shape index (κ3) is 3.57. The standard InChI is InChI=1S/C13H23N3O2/c1-6-18-13(17)12(14-7-9(2)3)11-8-15-16(5)10(11)4/h8-9,12,14H,6-7H2,1-5H3. The van der Waals surface area contributed by atoms with Gasteiger partial charge in [-0.15, -0.1) is 0 Å². The topological polar surface area (TPSA) is 56.1 Å². The first kappa shape index (κ1) is 14.7. The summed E-state index contributed by atoms with van der Waals surface area (Å²) >= 11 is 0. The smallest absolute Gasteiger partial charge is 0.327 e. The molecule has 0 saturated carbocycles. The summed E-state index contributed by atoms with van der Waals surface area (Å²) in [5.41, 5.74) is 1.86. The largest absolute Gasteiger partial charge is 0.465 e. The van der Waals surface area contributed by atoms with E-state index in [1.54, 1.807) is 10.9 Å². The minimum Gasteiger partial charge on any atom is -0.465 e. The predicted molar refractivity (Wildman–Crippen MR) is 70.2 cm³/mol. The number of hydrogen-bond donors (Lipinski definition) is 1. The number of aryl methyl sites for hydroxylation is 1. The van der Waals surface area contributed by atoms with Crippen molar-refractivity contribution in [2.24, 2.45) is 13.0 Å². The molecule has 0 aliphatic carbocycles. The summed E-state index contributed by atoms with van der Waals surface area (Å²) in [7, 11) is 1.86. The summed E-state index contributed by atoms with van der Waals surface area (Å²) in [4.78, 5) is 12.0. The first-order chi connectivity index (χ1) is 8.47. The maximum atomic E-state index is 12.0. The Balaban J connectivity index is 2.89. The van der Waals surface area contributed by atoms with Gasteiger partial charge in [0.25, 0.3) is 0 Å². The van der Waals surface area contributed by atoms with Gasteiger partial charge in [0.2, 0.25) is 0 Å². The molecule has 0 spiro atoms. The van der Waals surface area contributed by atoms with E-state index in [9.17, 15) is 4.79 Å². The first-order valence-corrected chi connectivity index (χ1v) is 6.35. The van der Waals surface area contributed by atoms with E-state index in [1.807, 2.05) is 20.9 Å². The number of aromatic nitrogens is 2. The Morgan fingerprint density at radius 1 is 1.56 bits per heavy atom. The molecule has 1 rings (SSSR count). The Morgan fingerprint density at radius 2 is 2.22 bits per heavy atom. The van der Waals surface area contributed by atoms with Crippen LogP contribution < -0.4 is 5.32 Å². The monoisotopic (exact) mass is 253 g/mol. The Labute approximate surface area is 109 Å². The number of carbonyl (C=O) groups is 1. The quantitative estimate of drug-likeness (QED) is 0.782. The third-order valence-electron chi connectivity index (χ3n) is 2.84. The number of rotatable bonds is 6. The van der Waals surface area contributed by atoms with E-state index >= 15 is 0 Å². The number of hydrogen-bond acceptors (Lipinski definition) is 4. The molecule has 18 heavy (non-hydrogen) atoms. The summed E-state index contributed by atoms with van der Waals surface area (Å²) in [6.07, 6.45) is 1.73. The van der Waals surface area contributed by atoms with Gasteiger partial charge in [-0.05, 0) is 26.3 Å². The second-order valence-corrected chi connectivity index (χ2v) is 4.80. The van der Waals surface area contributed by atoms with Crippen LogP contribution in [0.2, 0.25) is 0 Å². The van der Waals surface area contributed by atoms with Gasteiger partial charge in [-0.2, -0.15) is 5.10 Å². The molecule has 5 heteroatoms. The number of nitrogens with one attached hydrogen (secondary N) is 1. The lowest BCUT2D eigenvalue weighted by Gasteiger charge is -2.18. The van der Waals surface area contributed by atoms with Gasteiger partial charge < -0.3 is 10.1 Å². The molecule has 0 saturated heterocycles. The molecule has 1 atom stereocenters. The van der Waals surface area contributed by atoms with Crippen LogP contribution in [-0.2, 0) is 16.6 Å². The number of nitrogens with zero attached hydrogens (tertiary/aromatic N) is 2. The van der Waals surface area contributed by atoms with Crippen molar-refractivity contribution in [3.63, 3.8) is 0 Å². The van der Waals surface area contributed by atoms with Crippen LogP contribution in [0.3, 0.4) is 0 Å². The van der Waals surface area contributed by atoms with E-state index < -0.39 is 6.04 Å². The lowest BCUT2D eigenvalue weighted by molar-refractivity contribution is -0.145. The van der Waals surface area contributed by atoms with E-state index in [4.69, 9.17) is 4.74 Å². The van der Waals surface area contributed by atoms with Crippen LogP contribution in [0.4, 0.5) is 0 Å². The zero-order valence-electron chi connectivity index (χ0n) is 11.9. The van der Waals surface area contributed by atoms with Crippen molar-refractivity contribution in [1.82, 2.24) is 15.1 Å². The molecule has 0 aromatic carbocycles. The highest BCUT2D eigenvalue weighted by Gasteiger charge is 2.25. The highest BCUT2D eigenvalue weighted by Crippen LogP contribution is 2.18. The summed E-state index contributed by atoms with van der Waals surface area (Å²) in [5.74, 6) is 0.230. The average molecular weight is 253 g/mol. The van der Waals surface area contributed by atoms with Crippen molar-refractivity contribution in [1.29, 1.82) is 0 Å². The fourth-order valence-corrected chi connectivity index (χ4v) is 1.70. The molecule has 1 N–H and O–H groups in total. The van der Waals surface area contributed by atoms with Crippen molar-refractivity contribution in [3.8, 4) is 0 Å². The fourth-order valence-electron chi connectivity index (χ4n) is 1.70. The van der Waals surface area contributed by atoms with Crippen LogP contribution in [0.1, 0.15) is 38.1 Å². The van der Waals surface area contributed by atoms with Crippen LogP contribution in [0.15, 0.2) is 6.20 Å². The minimum atomic E-state index is -0.430. The van der Waals surface area contributed by atoms with Gasteiger partial charge in [-0.1, -0.05) is 13.8 Å². The first-order valence-electron chi connectivity index (χ1n) is 6.35. The molecule has 1 aromatic rings. The maximum absolute atomic E-state index is 12.0. The molecular weight excluding hydrogens is 230 g/mol. The number of esters is 1. The molecule has 0 radical (unpaired) electrons. The summed E-state index contributed by atoms with van der Waals surface area (Å²) in [6, 6.07) is -0.430. The normalized spacial score (nSPS) is 12.8. The van der Waals surface area contributed by atoms with Gasteiger partial charge in [-0.3, -0.25) is 4.68 Å². The van der Waals surface area contributed by atoms with Gasteiger partial charge in [0.1, 0.15) is 6.04 Å². The van der Waals surface area contributed by atoms with Crippen molar-refractivity contribution >= 4 is 5.97 Å². The Kier molecular flexibility index (Phi) is 5.34. The van der Waals surface area contributed by atoms with Crippen molar-refractivity contribution in [2.75, 3.05) is 13.2 Å². The van der Waals surface area contributed by atoms with Crippen LogP contribution in [0.25, 0.3) is 0 Å². The lowest BCUT2D eigenvalue weighted by Crippen LogP contribution is -2.33. The number of ether oxygens (including phenoxy) is 1. The molecule has 0 aliphatic rings. The second kappa shape index (κ2) is 6.54. The van der Waals surface area contributed by atoms with Crippen LogP contribution in [0, 0.1) is 12.8 Å². The highest BCUT2D eigenvalue weighted by atomic mass is 16.5. The molecule has 1 unspecified atom stereocenters. The van der Waals surface area contributed by atoms with Crippen molar-refractivity contribution < 1.29 is 9.53 Å². The number of carbonyl (C=O) groups excluding carboxylic acids is 1. The van der Waals surface area contributed by atoms with E-state index in [0.717, 1.165) is 17.8 Å². The van der Waals surface area contributed by atoms with E-state index in [2.05, 4.69) is 24.3 Å². The highest BCUT2D eigenvalue weighted by molar-refractivity contribution is 5.77. The van der Waals surface area contributed by atoms with Gasteiger partial charge in [0.15, 0.2) is 0 Å². The SMILES string of the molecule is CCOC(=O)C(NCC(C)C)c1cnn(C)c1C. The molecule has 102 valence electrons. The van der Waals surface area contributed by atoms with Crippen molar-refractivity contribution in [2.45, 2.75) is 33.7 Å². The van der Waals surface area contributed by atoms with Gasteiger partial charge in [-0.25, -0.2) is 4.79 Å². The molecule has 0 fully saturated rings. The van der Waals surface area contributed by atoms with E-state index in [0.29, 0.717) is 12.5 Å². The minimum absolute atomic E-state index is 0.241. The molecule has 1 heterocycles. The molecule has 5 nitrogen and oxygen atoms in total. The van der Waals surface area contributed by atoms with Crippen LogP contribution >= 0.6 is 0 Å². The third-order valence-corrected chi connectivity index (χ3v) is 2.84. The summed E-state index contributed by atoms with van der Waals surface area (Å²) < 4.78 is 6.88. The van der Waals surface area contributed by atoms with Gasteiger partial charge in [0, 0.05) is 18.3 Å². The molecular formula is C13H23N3O2. The predicted octanol–water partition coefficient (Wildman–Crippen LogP) is 1.58.